The van der Waals surface area contributed by atoms with Gasteiger partial charge in [-0.15, -0.1) is 10.2 Å². The predicted molar refractivity (Wildman–Crippen MR) is 92.4 cm³/mol. The van der Waals surface area contributed by atoms with E-state index in [0.717, 1.165) is 17.7 Å². The summed E-state index contributed by atoms with van der Waals surface area (Å²) in [6, 6.07) is 9.46. The van der Waals surface area contributed by atoms with E-state index >= 15 is 0 Å². The maximum absolute atomic E-state index is 13.7. The average Bonchev–Trinajstić information content (AvgIpc) is 2.96. The van der Waals surface area contributed by atoms with Crippen LogP contribution in [0.15, 0.2) is 47.6 Å². The van der Waals surface area contributed by atoms with E-state index in [0.29, 0.717) is 16.7 Å². The summed E-state index contributed by atoms with van der Waals surface area (Å²) in [5, 5.41) is 8.81. The molecule has 0 aliphatic carbocycles. The quantitative estimate of drug-likeness (QED) is 0.584. The topological polar surface area (TPSA) is 39.9 Å². The van der Waals surface area contributed by atoms with Crippen LogP contribution >= 0.6 is 11.8 Å². The van der Waals surface area contributed by atoms with Gasteiger partial charge in [0.1, 0.15) is 11.6 Å². The van der Waals surface area contributed by atoms with Gasteiger partial charge >= 0.3 is 0 Å². The molecular weight excluding hydrogens is 363 g/mol. The first-order valence-electron chi connectivity index (χ1n) is 7.82. The van der Waals surface area contributed by atoms with E-state index in [9.17, 15) is 13.2 Å². The highest BCUT2D eigenvalue weighted by molar-refractivity contribution is 7.98. The molecule has 1 unspecified atom stereocenters. The molecule has 0 saturated carbocycles. The van der Waals surface area contributed by atoms with Gasteiger partial charge in [-0.05, 0) is 36.8 Å². The summed E-state index contributed by atoms with van der Waals surface area (Å²) < 4.78 is 47.2. The smallest absolute Gasteiger partial charge is 0.191 e. The van der Waals surface area contributed by atoms with Crippen LogP contribution < -0.4 is 4.74 Å². The molecule has 3 aromatic rings. The van der Waals surface area contributed by atoms with E-state index in [4.69, 9.17) is 4.74 Å². The Morgan fingerprint density at radius 2 is 1.85 bits per heavy atom. The van der Waals surface area contributed by atoms with Gasteiger partial charge in [0.25, 0.3) is 0 Å². The Balaban J connectivity index is 1.69. The Morgan fingerprint density at radius 3 is 2.58 bits per heavy atom. The lowest BCUT2D eigenvalue weighted by molar-refractivity contribution is 0.201. The van der Waals surface area contributed by atoms with Crippen molar-refractivity contribution in [2.45, 2.75) is 23.9 Å². The largest absolute Gasteiger partial charge is 0.480 e. The highest BCUT2D eigenvalue weighted by Crippen LogP contribution is 2.27. The number of benzene rings is 2. The van der Waals surface area contributed by atoms with Gasteiger partial charge in [0.05, 0.1) is 0 Å². The molecule has 3 rings (SSSR count). The number of rotatable bonds is 6. The Labute approximate surface area is 153 Å². The first kappa shape index (κ1) is 18.3. The maximum Gasteiger partial charge on any atom is 0.191 e. The monoisotopic (exact) mass is 379 g/mol. The van der Waals surface area contributed by atoms with Crippen molar-refractivity contribution in [2.75, 3.05) is 0 Å². The van der Waals surface area contributed by atoms with Gasteiger partial charge in [-0.25, -0.2) is 13.2 Å². The summed E-state index contributed by atoms with van der Waals surface area (Å²) in [6.07, 6.45) is -0.587. The molecule has 0 spiro atoms. The Hall–Kier alpha value is -2.48. The number of hydrogen-bond acceptors (Lipinski definition) is 4. The SMILES string of the molecule is CC(Oc1ccc(F)cc1F)c1nnc(SCc2cccc(F)c2)n1C. The van der Waals surface area contributed by atoms with E-state index in [1.54, 1.807) is 24.6 Å². The van der Waals surface area contributed by atoms with Gasteiger partial charge in [-0.2, -0.15) is 0 Å². The third-order valence-electron chi connectivity index (χ3n) is 3.69. The molecule has 2 aromatic carbocycles. The van der Waals surface area contributed by atoms with Crippen molar-refractivity contribution in [3.63, 3.8) is 0 Å². The van der Waals surface area contributed by atoms with Crippen LogP contribution in [0.3, 0.4) is 0 Å². The van der Waals surface area contributed by atoms with Crippen LogP contribution in [-0.2, 0) is 12.8 Å². The predicted octanol–water partition coefficient (Wildman–Crippen LogP) is 4.66. The lowest BCUT2D eigenvalue weighted by atomic mass is 10.2. The van der Waals surface area contributed by atoms with Crippen LogP contribution in [0.1, 0.15) is 24.4 Å². The van der Waals surface area contributed by atoms with Gasteiger partial charge < -0.3 is 9.30 Å². The van der Waals surface area contributed by atoms with Crippen LogP contribution in [-0.4, -0.2) is 14.8 Å². The first-order valence-corrected chi connectivity index (χ1v) is 8.81. The van der Waals surface area contributed by atoms with Crippen LogP contribution in [0.25, 0.3) is 0 Å². The fourth-order valence-electron chi connectivity index (χ4n) is 2.39. The van der Waals surface area contributed by atoms with Gasteiger partial charge in [0.15, 0.2) is 28.7 Å². The zero-order valence-electron chi connectivity index (χ0n) is 14.1. The Bertz CT molecular complexity index is 916. The van der Waals surface area contributed by atoms with Gasteiger partial charge in [-0.1, -0.05) is 23.9 Å². The molecule has 0 saturated heterocycles. The second-order valence-electron chi connectivity index (χ2n) is 5.65. The first-order chi connectivity index (χ1) is 12.4. The molecule has 1 heterocycles. The van der Waals surface area contributed by atoms with Crippen LogP contribution in [0.2, 0.25) is 0 Å². The fourth-order valence-corrected chi connectivity index (χ4v) is 3.26. The molecule has 26 heavy (non-hydrogen) atoms. The van der Waals surface area contributed by atoms with E-state index in [1.807, 2.05) is 6.07 Å². The molecule has 0 N–H and O–H groups in total. The van der Waals surface area contributed by atoms with Crippen molar-refractivity contribution in [3.05, 3.63) is 71.3 Å². The third-order valence-corrected chi connectivity index (χ3v) is 4.78. The highest BCUT2D eigenvalue weighted by atomic mass is 32.2. The van der Waals surface area contributed by atoms with Crippen LogP contribution in [0.4, 0.5) is 13.2 Å². The minimum atomic E-state index is -0.778. The lowest BCUT2D eigenvalue weighted by Gasteiger charge is -2.14. The molecule has 0 bridgehead atoms. The molecule has 0 radical (unpaired) electrons. The minimum absolute atomic E-state index is 0.0594. The summed E-state index contributed by atoms with van der Waals surface area (Å²) in [6.45, 7) is 1.70. The summed E-state index contributed by atoms with van der Waals surface area (Å²) in [7, 11) is 1.77. The average molecular weight is 379 g/mol. The highest BCUT2D eigenvalue weighted by Gasteiger charge is 2.19. The maximum atomic E-state index is 13.7. The van der Waals surface area contributed by atoms with Crippen molar-refractivity contribution >= 4 is 11.8 Å². The van der Waals surface area contributed by atoms with Crippen molar-refractivity contribution < 1.29 is 17.9 Å². The third kappa shape index (κ3) is 4.19. The molecule has 1 atom stereocenters. The standard InChI is InChI=1S/C18H16F3N3OS/c1-11(25-16-7-6-14(20)9-15(16)21)17-22-23-18(24(17)2)26-10-12-4-3-5-13(19)8-12/h3-9,11H,10H2,1-2H3. The summed E-state index contributed by atoms with van der Waals surface area (Å²) >= 11 is 1.40. The van der Waals surface area contributed by atoms with Crippen LogP contribution in [0.5, 0.6) is 5.75 Å². The number of aromatic nitrogens is 3. The molecule has 136 valence electrons. The second kappa shape index (κ2) is 7.82. The summed E-state index contributed by atoms with van der Waals surface area (Å²) in [5.41, 5.74) is 0.831. The van der Waals surface area contributed by atoms with E-state index < -0.39 is 17.7 Å². The number of halogens is 3. The molecule has 0 amide bonds. The van der Waals surface area contributed by atoms with E-state index in [2.05, 4.69) is 10.2 Å². The molecule has 0 fully saturated rings. The second-order valence-corrected chi connectivity index (χ2v) is 6.60. The van der Waals surface area contributed by atoms with E-state index in [-0.39, 0.29) is 11.6 Å². The molecule has 8 heteroatoms. The Kier molecular flexibility index (Phi) is 5.51. The summed E-state index contributed by atoms with van der Waals surface area (Å²) in [5.74, 6) is -0.765. The van der Waals surface area contributed by atoms with Crippen molar-refractivity contribution in [1.82, 2.24) is 14.8 Å². The lowest BCUT2D eigenvalue weighted by Crippen LogP contribution is -2.11. The van der Waals surface area contributed by atoms with Gasteiger partial charge in [0.2, 0.25) is 0 Å². The minimum Gasteiger partial charge on any atom is -0.480 e. The van der Waals surface area contributed by atoms with Crippen molar-refractivity contribution in [2.24, 2.45) is 7.05 Å². The zero-order chi connectivity index (χ0) is 18.7. The van der Waals surface area contributed by atoms with Crippen molar-refractivity contribution in [3.8, 4) is 5.75 Å². The number of nitrogens with zero attached hydrogens (tertiary/aromatic N) is 3. The van der Waals surface area contributed by atoms with Crippen molar-refractivity contribution in [1.29, 1.82) is 0 Å². The summed E-state index contributed by atoms with van der Waals surface area (Å²) in [4.78, 5) is 0. The zero-order valence-corrected chi connectivity index (χ0v) is 14.9. The van der Waals surface area contributed by atoms with Crippen LogP contribution in [0, 0.1) is 17.5 Å². The van der Waals surface area contributed by atoms with Gasteiger partial charge in [-0.3, -0.25) is 0 Å². The molecule has 0 aliphatic rings. The number of ether oxygens (including phenoxy) is 1. The van der Waals surface area contributed by atoms with Gasteiger partial charge in [0, 0.05) is 18.9 Å². The molecular formula is C18H16F3N3OS. The Morgan fingerprint density at radius 1 is 1.08 bits per heavy atom. The number of hydrogen-bond donors (Lipinski definition) is 0. The molecule has 1 aromatic heterocycles. The molecule has 0 aliphatic heterocycles. The normalized spacial score (nSPS) is 12.2. The number of thioether (sulfide) groups is 1. The van der Waals surface area contributed by atoms with E-state index in [1.165, 1.54) is 30.0 Å². The molecule has 4 nitrogen and oxygen atoms in total. The fraction of sp³-hybridized carbons (Fsp3) is 0.222.